The number of halogens is 3. The lowest BCUT2D eigenvalue weighted by molar-refractivity contribution is -0.137. The van der Waals surface area contributed by atoms with Gasteiger partial charge in [0.1, 0.15) is 0 Å². The zero-order valence-corrected chi connectivity index (χ0v) is 11.5. The molecule has 0 amide bonds. The molecule has 0 unspecified atom stereocenters. The van der Waals surface area contributed by atoms with Crippen LogP contribution in [-0.2, 0) is 25.7 Å². The molecule has 0 saturated heterocycles. The van der Waals surface area contributed by atoms with Crippen LogP contribution in [0.4, 0.5) is 13.2 Å². The van der Waals surface area contributed by atoms with Crippen LogP contribution in [0.2, 0.25) is 0 Å². The number of rotatable bonds is 2. The average molecular weight is 291 g/mol. The lowest BCUT2D eigenvalue weighted by atomic mass is 9.99. The van der Waals surface area contributed by atoms with Crippen LogP contribution in [0, 0.1) is 0 Å². The third-order valence-electron chi connectivity index (χ3n) is 3.90. The van der Waals surface area contributed by atoms with E-state index in [9.17, 15) is 13.2 Å². The van der Waals surface area contributed by atoms with Crippen molar-refractivity contribution in [3.63, 3.8) is 0 Å². The molecule has 4 heteroatoms. The molecule has 0 radical (unpaired) electrons. The summed E-state index contributed by atoms with van der Waals surface area (Å²) >= 11 is 0. The molecule has 1 nitrogen and oxygen atoms in total. The molecule has 0 aliphatic carbocycles. The summed E-state index contributed by atoms with van der Waals surface area (Å²) in [6.07, 6.45) is -3.26. The first-order chi connectivity index (χ1) is 10.0. The van der Waals surface area contributed by atoms with Crippen molar-refractivity contribution in [2.75, 3.05) is 6.54 Å². The predicted octanol–water partition coefficient (Wildman–Crippen LogP) is 4.26. The Balaban J connectivity index is 1.68. The zero-order valence-electron chi connectivity index (χ0n) is 11.5. The molecule has 3 rings (SSSR count). The minimum atomic E-state index is -4.26. The fraction of sp³-hybridized carbons (Fsp3) is 0.294. The highest BCUT2D eigenvalue weighted by molar-refractivity contribution is 5.30. The zero-order chi connectivity index (χ0) is 14.9. The van der Waals surface area contributed by atoms with Crippen molar-refractivity contribution in [2.45, 2.75) is 25.7 Å². The van der Waals surface area contributed by atoms with Crippen molar-refractivity contribution in [2.24, 2.45) is 0 Å². The molecule has 21 heavy (non-hydrogen) atoms. The van der Waals surface area contributed by atoms with Gasteiger partial charge in [-0.05, 0) is 35.2 Å². The monoisotopic (exact) mass is 291 g/mol. The Bertz CT molecular complexity index is 617. The van der Waals surface area contributed by atoms with Crippen LogP contribution in [0.25, 0.3) is 0 Å². The molecule has 0 bridgehead atoms. The van der Waals surface area contributed by atoms with E-state index in [0.717, 1.165) is 37.2 Å². The Kier molecular flexibility index (Phi) is 3.72. The van der Waals surface area contributed by atoms with E-state index in [2.05, 4.69) is 17.0 Å². The fourth-order valence-corrected chi connectivity index (χ4v) is 2.75. The second-order valence-corrected chi connectivity index (χ2v) is 5.42. The van der Waals surface area contributed by atoms with Crippen LogP contribution in [0.1, 0.15) is 22.3 Å². The number of hydrogen-bond donors (Lipinski definition) is 0. The normalized spacial score (nSPS) is 15.8. The average Bonchev–Trinajstić information content (AvgIpc) is 2.47. The van der Waals surface area contributed by atoms with Gasteiger partial charge < -0.3 is 0 Å². The number of fused-ring (bicyclic) bond motifs is 1. The van der Waals surface area contributed by atoms with Gasteiger partial charge in [0, 0.05) is 19.6 Å². The van der Waals surface area contributed by atoms with Crippen molar-refractivity contribution in [1.82, 2.24) is 4.90 Å². The highest BCUT2D eigenvalue weighted by atomic mass is 19.4. The first-order valence-electron chi connectivity index (χ1n) is 6.98. The molecule has 0 spiro atoms. The van der Waals surface area contributed by atoms with Gasteiger partial charge in [-0.2, -0.15) is 13.2 Å². The summed E-state index contributed by atoms with van der Waals surface area (Å²) in [5, 5.41) is 0. The van der Waals surface area contributed by atoms with Crippen LogP contribution < -0.4 is 0 Å². The van der Waals surface area contributed by atoms with Gasteiger partial charge in [-0.15, -0.1) is 0 Å². The lowest BCUT2D eigenvalue weighted by Crippen LogP contribution is -2.29. The molecule has 110 valence electrons. The van der Waals surface area contributed by atoms with E-state index >= 15 is 0 Å². The van der Waals surface area contributed by atoms with Crippen LogP contribution in [-0.4, -0.2) is 11.4 Å². The fourth-order valence-electron chi connectivity index (χ4n) is 2.75. The minimum absolute atomic E-state index is 0.588. The summed E-state index contributed by atoms with van der Waals surface area (Å²) in [4.78, 5) is 2.27. The van der Waals surface area contributed by atoms with Crippen LogP contribution in [0.15, 0.2) is 48.5 Å². The van der Waals surface area contributed by atoms with Crippen molar-refractivity contribution >= 4 is 0 Å². The molecule has 2 aromatic rings. The third kappa shape index (κ3) is 3.27. The van der Waals surface area contributed by atoms with Crippen LogP contribution in [0.3, 0.4) is 0 Å². The van der Waals surface area contributed by atoms with Gasteiger partial charge in [-0.1, -0.05) is 36.4 Å². The number of nitrogens with zero attached hydrogens (tertiary/aromatic N) is 1. The van der Waals surface area contributed by atoms with Crippen LogP contribution >= 0.6 is 0 Å². The first-order valence-corrected chi connectivity index (χ1v) is 6.98. The van der Waals surface area contributed by atoms with Gasteiger partial charge >= 0.3 is 6.18 Å². The molecule has 0 saturated carbocycles. The Hall–Kier alpha value is -1.81. The SMILES string of the molecule is FC(F)(F)c1ccc(CN2CCc3ccccc3C2)cc1. The van der Waals surface area contributed by atoms with Crippen molar-refractivity contribution in [3.05, 3.63) is 70.8 Å². The molecule has 1 heterocycles. The molecular weight excluding hydrogens is 275 g/mol. The summed E-state index contributed by atoms with van der Waals surface area (Å²) in [6.45, 7) is 2.49. The molecule has 1 aliphatic heterocycles. The first kappa shape index (κ1) is 14.1. The maximum absolute atomic E-state index is 12.5. The van der Waals surface area contributed by atoms with Crippen molar-refractivity contribution < 1.29 is 13.2 Å². The van der Waals surface area contributed by atoms with Gasteiger partial charge in [-0.3, -0.25) is 4.90 Å². The molecule has 1 aliphatic rings. The highest BCUT2D eigenvalue weighted by Gasteiger charge is 2.30. The van der Waals surface area contributed by atoms with Gasteiger partial charge in [-0.25, -0.2) is 0 Å². The minimum Gasteiger partial charge on any atom is -0.294 e. The molecule has 0 atom stereocenters. The molecule has 2 aromatic carbocycles. The number of benzene rings is 2. The molecule has 0 fully saturated rings. The summed E-state index contributed by atoms with van der Waals surface area (Å²) in [5.41, 5.74) is 3.02. The summed E-state index contributed by atoms with van der Waals surface area (Å²) in [7, 11) is 0. The van der Waals surface area contributed by atoms with E-state index in [1.807, 2.05) is 12.1 Å². The van der Waals surface area contributed by atoms with Gasteiger partial charge in [0.2, 0.25) is 0 Å². The largest absolute Gasteiger partial charge is 0.416 e. The van der Waals surface area contributed by atoms with Crippen LogP contribution in [0.5, 0.6) is 0 Å². The predicted molar refractivity (Wildman–Crippen MR) is 75.7 cm³/mol. The summed E-state index contributed by atoms with van der Waals surface area (Å²) < 4.78 is 37.6. The van der Waals surface area contributed by atoms with E-state index in [4.69, 9.17) is 0 Å². The highest BCUT2D eigenvalue weighted by Crippen LogP contribution is 2.29. The smallest absolute Gasteiger partial charge is 0.294 e. The topological polar surface area (TPSA) is 3.24 Å². The Morgan fingerprint density at radius 2 is 1.57 bits per heavy atom. The van der Waals surface area contributed by atoms with E-state index in [1.54, 1.807) is 12.1 Å². The van der Waals surface area contributed by atoms with Gasteiger partial charge in [0.15, 0.2) is 0 Å². The summed E-state index contributed by atoms with van der Waals surface area (Å²) in [6, 6.07) is 13.8. The van der Waals surface area contributed by atoms with E-state index in [0.29, 0.717) is 6.54 Å². The second kappa shape index (κ2) is 5.53. The van der Waals surface area contributed by atoms with Gasteiger partial charge in [0.25, 0.3) is 0 Å². The quantitative estimate of drug-likeness (QED) is 0.799. The molecular formula is C17H16F3N. The summed E-state index contributed by atoms with van der Waals surface area (Å²) in [5.74, 6) is 0. The Labute approximate surface area is 122 Å². The Morgan fingerprint density at radius 3 is 2.24 bits per heavy atom. The number of hydrogen-bond acceptors (Lipinski definition) is 1. The van der Waals surface area contributed by atoms with E-state index in [-0.39, 0.29) is 0 Å². The van der Waals surface area contributed by atoms with Gasteiger partial charge in [0.05, 0.1) is 5.56 Å². The van der Waals surface area contributed by atoms with E-state index < -0.39 is 11.7 Å². The molecule has 0 N–H and O–H groups in total. The van der Waals surface area contributed by atoms with Crippen molar-refractivity contribution in [1.29, 1.82) is 0 Å². The maximum atomic E-state index is 12.5. The third-order valence-corrected chi connectivity index (χ3v) is 3.90. The standard InChI is InChI=1S/C17H16F3N/c18-17(19,20)16-7-5-13(6-8-16)11-21-10-9-14-3-1-2-4-15(14)12-21/h1-8H,9-12H2. The van der Waals surface area contributed by atoms with Crippen molar-refractivity contribution in [3.8, 4) is 0 Å². The second-order valence-electron chi connectivity index (χ2n) is 5.42. The maximum Gasteiger partial charge on any atom is 0.416 e. The Morgan fingerprint density at radius 1 is 0.905 bits per heavy atom. The molecule has 0 aromatic heterocycles. The number of alkyl halides is 3. The lowest BCUT2D eigenvalue weighted by Gasteiger charge is -2.28. The van der Waals surface area contributed by atoms with E-state index in [1.165, 1.54) is 11.1 Å².